The zero-order valence-electron chi connectivity index (χ0n) is 14.0. The monoisotopic (exact) mass is 324 g/mol. The smallest absolute Gasteiger partial charge is 0.175 e. The van der Waals surface area contributed by atoms with E-state index in [1.54, 1.807) is 6.20 Å². The van der Waals surface area contributed by atoms with Crippen molar-refractivity contribution in [3.8, 4) is 0 Å². The van der Waals surface area contributed by atoms with E-state index in [0.717, 1.165) is 28.2 Å². The number of aromatic nitrogens is 1. The van der Waals surface area contributed by atoms with Gasteiger partial charge < -0.3 is 0 Å². The summed E-state index contributed by atoms with van der Waals surface area (Å²) >= 11 is 0. The molecule has 2 aromatic rings. The Morgan fingerprint density at radius 1 is 1.00 bits per heavy atom. The van der Waals surface area contributed by atoms with E-state index in [1.165, 1.54) is 0 Å². The van der Waals surface area contributed by atoms with Crippen molar-refractivity contribution in [2.45, 2.75) is 0 Å². The Labute approximate surface area is 147 Å². The summed E-state index contributed by atoms with van der Waals surface area (Å²) in [7, 11) is 2.10. The van der Waals surface area contributed by atoms with Gasteiger partial charge in [-0.1, -0.05) is 41.5 Å². The van der Waals surface area contributed by atoms with Crippen LogP contribution < -0.4 is 4.59 Å². The molecule has 3 heteroatoms. The highest BCUT2D eigenvalue weighted by molar-refractivity contribution is 6.17. The molecule has 0 saturated carbocycles. The van der Waals surface area contributed by atoms with Crippen LogP contribution in [0.4, 0.5) is 5.69 Å². The SMILES string of the molecule is C[N+]1(c2ccccc2)N=C(C2=CC=CC=C=C2)C=C1c1cccnc1. The summed E-state index contributed by atoms with van der Waals surface area (Å²) in [5.74, 6) is 0. The molecule has 1 unspecified atom stereocenters. The van der Waals surface area contributed by atoms with E-state index in [4.69, 9.17) is 5.10 Å². The quantitative estimate of drug-likeness (QED) is 0.596. The Hall–Kier alpha value is -3.26. The lowest BCUT2D eigenvalue weighted by atomic mass is 10.1. The Balaban J connectivity index is 1.88. The minimum atomic E-state index is 0.362. The predicted octanol–water partition coefficient (Wildman–Crippen LogP) is 4.64. The Kier molecular flexibility index (Phi) is 3.87. The molecular formula is C22H18N3+. The van der Waals surface area contributed by atoms with Crippen molar-refractivity contribution >= 4 is 17.1 Å². The maximum absolute atomic E-state index is 5.06. The number of quaternary nitrogens is 1. The van der Waals surface area contributed by atoms with Gasteiger partial charge in [0.1, 0.15) is 12.8 Å². The van der Waals surface area contributed by atoms with Crippen LogP contribution in [0.1, 0.15) is 5.56 Å². The second-order valence-corrected chi connectivity index (χ2v) is 6.04. The molecule has 2 aliphatic rings. The lowest BCUT2D eigenvalue weighted by Gasteiger charge is -2.25. The van der Waals surface area contributed by atoms with Gasteiger partial charge in [0.15, 0.2) is 11.4 Å². The number of para-hydroxylation sites is 1. The molecule has 2 heterocycles. The van der Waals surface area contributed by atoms with Crippen LogP contribution in [-0.4, -0.2) is 17.7 Å². The van der Waals surface area contributed by atoms with Crippen LogP contribution in [-0.2, 0) is 0 Å². The van der Waals surface area contributed by atoms with Crippen molar-refractivity contribution in [1.82, 2.24) is 9.58 Å². The van der Waals surface area contributed by atoms with Gasteiger partial charge in [-0.3, -0.25) is 4.98 Å². The number of hydrogen-bond acceptors (Lipinski definition) is 2. The lowest BCUT2D eigenvalue weighted by Crippen LogP contribution is -2.35. The summed E-state index contributed by atoms with van der Waals surface area (Å²) in [6, 6.07) is 14.4. The van der Waals surface area contributed by atoms with Gasteiger partial charge >= 0.3 is 0 Å². The molecule has 120 valence electrons. The highest BCUT2D eigenvalue weighted by Gasteiger charge is 2.38. The first-order valence-electron chi connectivity index (χ1n) is 8.22. The molecule has 0 spiro atoms. The summed E-state index contributed by atoms with van der Waals surface area (Å²) in [5, 5.41) is 5.06. The van der Waals surface area contributed by atoms with Crippen molar-refractivity contribution in [3.63, 3.8) is 0 Å². The number of nitrogens with zero attached hydrogens (tertiary/aromatic N) is 3. The highest BCUT2D eigenvalue weighted by Crippen LogP contribution is 2.38. The van der Waals surface area contributed by atoms with Gasteiger partial charge in [0.2, 0.25) is 0 Å². The topological polar surface area (TPSA) is 25.2 Å². The van der Waals surface area contributed by atoms with Crippen LogP contribution in [0.15, 0.2) is 108 Å². The summed E-state index contributed by atoms with van der Waals surface area (Å²) in [6.07, 6.45) is 15.7. The summed E-state index contributed by atoms with van der Waals surface area (Å²) in [6.45, 7) is 0. The molecular weight excluding hydrogens is 306 g/mol. The Bertz CT molecular complexity index is 972. The molecule has 0 radical (unpaired) electrons. The van der Waals surface area contributed by atoms with E-state index >= 15 is 0 Å². The van der Waals surface area contributed by atoms with Gasteiger partial charge in [0, 0.05) is 36.2 Å². The van der Waals surface area contributed by atoms with Gasteiger partial charge in [-0.05, 0) is 24.3 Å². The molecule has 0 saturated heterocycles. The van der Waals surface area contributed by atoms with Gasteiger partial charge in [-0.2, -0.15) is 0 Å². The van der Waals surface area contributed by atoms with Crippen molar-refractivity contribution < 1.29 is 0 Å². The highest BCUT2D eigenvalue weighted by atomic mass is 15.6. The molecule has 1 aliphatic heterocycles. The van der Waals surface area contributed by atoms with E-state index in [-0.39, 0.29) is 0 Å². The first-order chi connectivity index (χ1) is 12.3. The zero-order valence-corrected chi connectivity index (χ0v) is 14.0. The van der Waals surface area contributed by atoms with Gasteiger partial charge in [0.05, 0.1) is 5.56 Å². The van der Waals surface area contributed by atoms with E-state index < -0.39 is 0 Å². The number of rotatable bonds is 3. The maximum atomic E-state index is 5.06. The minimum Gasteiger partial charge on any atom is -0.264 e. The zero-order chi connectivity index (χ0) is 17.1. The fourth-order valence-corrected chi connectivity index (χ4v) is 3.07. The first kappa shape index (κ1) is 15.3. The lowest BCUT2D eigenvalue weighted by molar-refractivity contribution is 0.506. The van der Waals surface area contributed by atoms with E-state index in [0.29, 0.717) is 4.59 Å². The number of allylic oxidation sites excluding steroid dienone is 6. The summed E-state index contributed by atoms with van der Waals surface area (Å²) in [4.78, 5) is 4.29. The third kappa shape index (κ3) is 2.83. The second kappa shape index (κ2) is 6.33. The number of pyridine rings is 1. The van der Waals surface area contributed by atoms with Crippen molar-refractivity contribution in [3.05, 3.63) is 108 Å². The molecule has 0 fully saturated rings. The van der Waals surface area contributed by atoms with E-state index in [2.05, 4.69) is 48.1 Å². The summed E-state index contributed by atoms with van der Waals surface area (Å²) in [5.41, 5.74) is 8.42. The molecule has 0 N–H and O–H groups in total. The van der Waals surface area contributed by atoms with E-state index in [1.807, 2.05) is 54.8 Å². The molecule has 1 aromatic heterocycles. The average molecular weight is 324 g/mol. The molecule has 0 bridgehead atoms. The van der Waals surface area contributed by atoms with Crippen LogP contribution in [0.2, 0.25) is 0 Å². The molecule has 4 rings (SSSR count). The summed E-state index contributed by atoms with van der Waals surface area (Å²) < 4.78 is 0.362. The van der Waals surface area contributed by atoms with Crippen LogP contribution in [0.3, 0.4) is 0 Å². The average Bonchev–Trinajstić information content (AvgIpc) is 2.85. The third-order valence-corrected chi connectivity index (χ3v) is 4.38. The minimum absolute atomic E-state index is 0.362. The molecule has 1 atom stereocenters. The largest absolute Gasteiger partial charge is 0.264 e. The van der Waals surface area contributed by atoms with Crippen LogP contribution in [0.25, 0.3) is 5.70 Å². The van der Waals surface area contributed by atoms with Crippen molar-refractivity contribution in [2.75, 3.05) is 7.05 Å². The second-order valence-electron chi connectivity index (χ2n) is 6.04. The predicted molar refractivity (Wildman–Crippen MR) is 104 cm³/mol. The Morgan fingerprint density at radius 2 is 1.88 bits per heavy atom. The standard InChI is InChI=1S/C22H18N3/c1-25(20-13-7-4-8-14-20)22(19-12-9-15-23-17-19)16-21(24-25)18-10-5-2-3-6-11-18/h2-5,7-17H,1H3/q+1. The van der Waals surface area contributed by atoms with Crippen LogP contribution in [0.5, 0.6) is 0 Å². The molecule has 1 aromatic carbocycles. The van der Waals surface area contributed by atoms with E-state index in [9.17, 15) is 0 Å². The van der Waals surface area contributed by atoms with Crippen molar-refractivity contribution in [2.24, 2.45) is 5.10 Å². The fourth-order valence-electron chi connectivity index (χ4n) is 3.07. The van der Waals surface area contributed by atoms with Crippen LogP contribution >= 0.6 is 0 Å². The normalized spacial score (nSPS) is 21.6. The van der Waals surface area contributed by atoms with Crippen LogP contribution in [0, 0.1) is 0 Å². The molecule has 25 heavy (non-hydrogen) atoms. The van der Waals surface area contributed by atoms with Gasteiger partial charge in [-0.15, -0.1) is 10.3 Å². The number of benzene rings is 1. The molecule has 1 aliphatic carbocycles. The van der Waals surface area contributed by atoms with Gasteiger partial charge in [-0.25, -0.2) is 0 Å². The fraction of sp³-hybridized carbons (Fsp3) is 0.0455. The van der Waals surface area contributed by atoms with Gasteiger partial charge in [0.25, 0.3) is 0 Å². The Morgan fingerprint density at radius 3 is 2.68 bits per heavy atom. The molecule has 3 nitrogen and oxygen atoms in total. The maximum Gasteiger partial charge on any atom is 0.175 e. The first-order valence-corrected chi connectivity index (χ1v) is 8.22. The molecule has 0 amide bonds. The van der Waals surface area contributed by atoms with Crippen molar-refractivity contribution in [1.29, 1.82) is 0 Å². The number of hydrogen-bond donors (Lipinski definition) is 0. The third-order valence-electron chi connectivity index (χ3n) is 4.38.